The molecule has 2 N–H and O–H groups in total. The van der Waals surface area contributed by atoms with Crippen LogP contribution in [0, 0.1) is 0 Å². The van der Waals surface area contributed by atoms with E-state index in [2.05, 4.69) is 4.99 Å². The first kappa shape index (κ1) is 10.5. The van der Waals surface area contributed by atoms with E-state index in [9.17, 15) is 8.42 Å². The van der Waals surface area contributed by atoms with Gasteiger partial charge in [-0.2, -0.15) is 0 Å². The fourth-order valence-electron chi connectivity index (χ4n) is 0.523. The van der Waals surface area contributed by atoms with Crippen molar-refractivity contribution in [2.75, 3.05) is 27.7 Å². The van der Waals surface area contributed by atoms with Gasteiger partial charge in [0.2, 0.25) is 0 Å². The van der Waals surface area contributed by atoms with Gasteiger partial charge in [-0.05, 0) is 0 Å². The Bertz CT molecular complexity index is 242. The fourth-order valence-corrected chi connectivity index (χ4v) is 1.39. The van der Waals surface area contributed by atoms with Crippen molar-refractivity contribution in [2.45, 2.75) is 0 Å². The molecule has 0 unspecified atom stereocenters. The van der Waals surface area contributed by atoms with Crippen molar-refractivity contribution >= 4 is 15.1 Å². The lowest BCUT2D eigenvalue weighted by Crippen LogP contribution is -2.34. The lowest BCUT2D eigenvalue weighted by Gasteiger charge is -2.11. The third kappa shape index (κ3) is 2.25. The zero-order valence-corrected chi connectivity index (χ0v) is 7.72. The average Bonchev–Trinajstić information content (AvgIpc) is 1.89. The molecule has 0 atom stereocenters. The molecule has 0 aliphatic rings. The molecule has 0 aliphatic heterocycles. The second kappa shape index (κ2) is 3.80. The summed E-state index contributed by atoms with van der Waals surface area (Å²) in [4.78, 5) is 3.56. The number of nitrogens with two attached hydrogens (primary N) is 1. The Balaban J connectivity index is 4.85. The first-order valence-electron chi connectivity index (χ1n) is 3.05. The molecule has 0 saturated carbocycles. The zero-order valence-electron chi connectivity index (χ0n) is 6.90. The van der Waals surface area contributed by atoms with Crippen LogP contribution in [-0.4, -0.2) is 45.5 Å². The highest BCUT2D eigenvalue weighted by atomic mass is 32.2. The summed E-state index contributed by atoms with van der Waals surface area (Å²) in [7, 11) is 0.907. The third-order valence-electron chi connectivity index (χ3n) is 1.20. The van der Waals surface area contributed by atoms with Gasteiger partial charge in [0.05, 0.1) is 0 Å². The second-order valence-corrected chi connectivity index (χ2v) is 4.26. The van der Waals surface area contributed by atoms with E-state index in [1.54, 1.807) is 0 Å². The molecule has 0 aromatic carbocycles. The van der Waals surface area contributed by atoms with Crippen LogP contribution in [0.1, 0.15) is 0 Å². The van der Waals surface area contributed by atoms with Crippen LogP contribution in [0.4, 0.5) is 0 Å². The van der Waals surface area contributed by atoms with E-state index in [-0.39, 0.29) is 11.6 Å². The number of rotatable bonds is 2. The topological polar surface area (TPSA) is 75.8 Å². The van der Waals surface area contributed by atoms with Crippen LogP contribution in [0.2, 0.25) is 0 Å². The Kier molecular flexibility index (Phi) is 3.64. The van der Waals surface area contributed by atoms with Crippen molar-refractivity contribution in [2.24, 2.45) is 10.7 Å². The van der Waals surface area contributed by atoms with Crippen LogP contribution < -0.4 is 5.73 Å². The first-order chi connectivity index (χ1) is 4.96. The summed E-state index contributed by atoms with van der Waals surface area (Å²) in [5.74, 6) is 0. The van der Waals surface area contributed by atoms with E-state index >= 15 is 0 Å². The van der Waals surface area contributed by atoms with Crippen molar-refractivity contribution in [3.8, 4) is 0 Å². The van der Waals surface area contributed by atoms with E-state index in [0.29, 0.717) is 0 Å². The van der Waals surface area contributed by atoms with Gasteiger partial charge in [-0.3, -0.25) is 4.99 Å². The SMILES string of the molecule is CN=C(CN)S(=O)(=O)N(C)C. The molecule has 0 spiro atoms. The summed E-state index contributed by atoms with van der Waals surface area (Å²) >= 11 is 0. The monoisotopic (exact) mass is 179 g/mol. The van der Waals surface area contributed by atoms with E-state index in [4.69, 9.17) is 5.73 Å². The number of hydrogen-bond donors (Lipinski definition) is 1. The largest absolute Gasteiger partial charge is 0.325 e. The first-order valence-corrected chi connectivity index (χ1v) is 4.49. The molecule has 0 aromatic rings. The van der Waals surface area contributed by atoms with Crippen molar-refractivity contribution in [3.63, 3.8) is 0 Å². The van der Waals surface area contributed by atoms with Crippen LogP contribution >= 0.6 is 0 Å². The van der Waals surface area contributed by atoms with E-state index < -0.39 is 10.0 Å². The molecular formula is C5H13N3O2S. The van der Waals surface area contributed by atoms with Crippen molar-refractivity contribution in [1.82, 2.24) is 4.31 Å². The molecule has 0 radical (unpaired) electrons. The second-order valence-electron chi connectivity index (χ2n) is 2.11. The van der Waals surface area contributed by atoms with Gasteiger partial charge < -0.3 is 5.73 Å². The Morgan fingerprint density at radius 1 is 1.55 bits per heavy atom. The molecule has 0 bridgehead atoms. The maximum absolute atomic E-state index is 11.2. The molecule has 0 fully saturated rings. The van der Waals surface area contributed by atoms with E-state index in [0.717, 1.165) is 4.31 Å². The smallest absolute Gasteiger partial charge is 0.256 e. The Hall–Kier alpha value is -0.460. The molecule has 0 heterocycles. The third-order valence-corrected chi connectivity index (χ3v) is 3.11. The van der Waals surface area contributed by atoms with Crippen LogP contribution in [-0.2, 0) is 10.0 Å². The van der Waals surface area contributed by atoms with E-state index in [1.165, 1.54) is 21.1 Å². The van der Waals surface area contributed by atoms with E-state index in [1.807, 2.05) is 0 Å². The number of sulfonamides is 1. The number of hydrogen-bond acceptors (Lipinski definition) is 4. The van der Waals surface area contributed by atoms with Gasteiger partial charge in [0.25, 0.3) is 10.0 Å². The lowest BCUT2D eigenvalue weighted by atomic mass is 10.7. The van der Waals surface area contributed by atoms with Crippen molar-refractivity contribution in [1.29, 1.82) is 0 Å². The summed E-state index contributed by atoms with van der Waals surface area (Å²) in [5, 5.41) is 0.00231. The molecule has 0 saturated heterocycles. The molecule has 0 rings (SSSR count). The minimum absolute atomic E-state index is 0.00231. The van der Waals surface area contributed by atoms with Gasteiger partial charge in [-0.1, -0.05) is 0 Å². The van der Waals surface area contributed by atoms with Gasteiger partial charge in [0, 0.05) is 27.7 Å². The van der Waals surface area contributed by atoms with Gasteiger partial charge in [0.15, 0.2) is 5.04 Å². The van der Waals surface area contributed by atoms with Gasteiger partial charge in [-0.15, -0.1) is 0 Å². The predicted molar refractivity (Wildman–Crippen MR) is 45.0 cm³/mol. The summed E-state index contributed by atoms with van der Waals surface area (Å²) in [6, 6.07) is 0. The molecule has 0 amide bonds. The van der Waals surface area contributed by atoms with Crippen LogP contribution in [0.25, 0.3) is 0 Å². The Morgan fingerprint density at radius 3 is 2.09 bits per heavy atom. The summed E-state index contributed by atoms with van der Waals surface area (Å²) in [6.45, 7) is -0.0585. The molecule has 66 valence electrons. The number of nitrogens with zero attached hydrogens (tertiary/aromatic N) is 2. The lowest BCUT2D eigenvalue weighted by molar-refractivity contribution is 0.534. The molecule has 5 nitrogen and oxygen atoms in total. The fraction of sp³-hybridized carbons (Fsp3) is 0.800. The highest BCUT2D eigenvalue weighted by Gasteiger charge is 2.19. The van der Waals surface area contributed by atoms with Crippen LogP contribution in [0.3, 0.4) is 0 Å². The highest BCUT2D eigenvalue weighted by molar-refractivity contribution is 8.04. The normalized spacial score (nSPS) is 14.1. The summed E-state index contributed by atoms with van der Waals surface area (Å²) in [6.07, 6.45) is 0. The minimum Gasteiger partial charge on any atom is -0.325 e. The maximum Gasteiger partial charge on any atom is 0.256 e. The highest BCUT2D eigenvalue weighted by Crippen LogP contribution is 1.96. The van der Waals surface area contributed by atoms with Gasteiger partial charge in [0.1, 0.15) is 0 Å². The Morgan fingerprint density at radius 2 is 2.00 bits per heavy atom. The van der Waals surface area contributed by atoms with Gasteiger partial charge in [-0.25, -0.2) is 12.7 Å². The maximum atomic E-state index is 11.2. The summed E-state index contributed by atoms with van der Waals surface area (Å²) < 4.78 is 23.5. The van der Waals surface area contributed by atoms with Crippen molar-refractivity contribution < 1.29 is 8.42 Å². The molecular weight excluding hydrogens is 166 g/mol. The summed E-state index contributed by atoms with van der Waals surface area (Å²) in [5.41, 5.74) is 5.17. The standard InChI is InChI=1S/C5H13N3O2S/c1-7-5(4-6)11(9,10)8(2)3/h4,6H2,1-3H3. The minimum atomic E-state index is -3.38. The molecule has 0 aliphatic carbocycles. The van der Waals surface area contributed by atoms with Crippen LogP contribution in [0.15, 0.2) is 4.99 Å². The molecule has 0 aromatic heterocycles. The van der Waals surface area contributed by atoms with Crippen LogP contribution in [0.5, 0.6) is 0 Å². The van der Waals surface area contributed by atoms with Gasteiger partial charge >= 0.3 is 0 Å². The average molecular weight is 179 g/mol. The zero-order chi connectivity index (χ0) is 9.07. The Labute approximate surface area is 67.0 Å². The number of aliphatic imine (C=N–C) groups is 1. The van der Waals surface area contributed by atoms with Crippen molar-refractivity contribution in [3.05, 3.63) is 0 Å². The molecule has 6 heteroatoms. The quantitative estimate of drug-likeness (QED) is 0.430. The predicted octanol–water partition coefficient (Wildman–Crippen LogP) is -1.14. The molecule has 11 heavy (non-hydrogen) atoms.